The zero-order valence-corrected chi connectivity index (χ0v) is 15.3. The van der Waals surface area contributed by atoms with Gasteiger partial charge < -0.3 is 14.5 Å². The maximum Gasteiger partial charge on any atom is 0.223 e. The minimum absolute atomic E-state index is 0.366. The van der Waals surface area contributed by atoms with Gasteiger partial charge in [0.1, 0.15) is 0 Å². The Morgan fingerprint density at radius 1 is 1.04 bits per heavy atom. The summed E-state index contributed by atoms with van der Waals surface area (Å²) in [6.07, 6.45) is 9.70. The SMILES string of the molecule is COCC(C)C1CCN(C(=O)CCN2CCCCCCC2)CC1. The van der Waals surface area contributed by atoms with Crippen LogP contribution in [0.4, 0.5) is 0 Å². The Morgan fingerprint density at radius 2 is 1.65 bits per heavy atom. The van der Waals surface area contributed by atoms with Crippen LogP contribution in [-0.2, 0) is 9.53 Å². The highest BCUT2D eigenvalue weighted by molar-refractivity contribution is 5.76. The monoisotopic (exact) mass is 324 g/mol. The lowest BCUT2D eigenvalue weighted by Crippen LogP contribution is -2.41. The number of methoxy groups -OCH3 is 1. The number of nitrogens with zero attached hydrogens (tertiary/aromatic N) is 2. The van der Waals surface area contributed by atoms with E-state index in [1.807, 2.05) is 0 Å². The molecule has 0 saturated carbocycles. The molecule has 2 aliphatic rings. The summed E-state index contributed by atoms with van der Waals surface area (Å²) < 4.78 is 5.27. The van der Waals surface area contributed by atoms with E-state index in [9.17, 15) is 4.79 Å². The van der Waals surface area contributed by atoms with Crippen molar-refractivity contribution in [1.29, 1.82) is 0 Å². The predicted octanol–water partition coefficient (Wildman–Crippen LogP) is 3.16. The molecule has 0 aromatic rings. The quantitative estimate of drug-likeness (QED) is 0.752. The Kier molecular flexibility index (Phi) is 8.38. The van der Waals surface area contributed by atoms with E-state index in [1.54, 1.807) is 7.11 Å². The van der Waals surface area contributed by atoms with Crippen LogP contribution in [0.5, 0.6) is 0 Å². The number of carbonyl (C=O) groups is 1. The minimum atomic E-state index is 0.366. The fourth-order valence-electron chi connectivity index (χ4n) is 4.07. The molecule has 23 heavy (non-hydrogen) atoms. The van der Waals surface area contributed by atoms with E-state index in [1.165, 1.54) is 45.2 Å². The number of ether oxygens (including phenoxy) is 1. The number of rotatable bonds is 6. The molecule has 1 amide bonds. The molecule has 0 aromatic heterocycles. The summed E-state index contributed by atoms with van der Waals surface area (Å²) in [6.45, 7) is 8.32. The lowest BCUT2D eigenvalue weighted by atomic mass is 9.86. The first-order valence-electron chi connectivity index (χ1n) is 9.69. The Balaban J connectivity index is 1.66. The van der Waals surface area contributed by atoms with Crippen molar-refractivity contribution in [1.82, 2.24) is 9.80 Å². The number of piperidine rings is 1. The van der Waals surface area contributed by atoms with Crippen LogP contribution in [0.25, 0.3) is 0 Å². The van der Waals surface area contributed by atoms with E-state index in [4.69, 9.17) is 4.74 Å². The minimum Gasteiger partial charge on any atom is -0.384 e. The summed E-state index contributed by atoms with van der Waals surface area (Å²) >= 11 is 0. The number of amides is 1. The van der Waals surface area contributed by atoms with Crippen LogP contribution in [0.3, 0.4) is 0 Å². The fraction of sp³-hybridized carbons (Fsp3) is 0.947. The highest BCUT2D eigenvalue weighted by Gasteiger charge is 2.26. The van der Waals surface area contributed by atoms with Gasteiger partial charge in [0, 0.05) is 39.8 Å². The molecule has 0 bridgehead atoms. The van der Waals surface area contributed by atoms with Crippen molar-refractivity contribution >= 4 is 5.91 Å². The summed E-state index contributed by atoms with van der Waals surface area (Å²) in [5.74, 6) is 1.69. The van der Waals surface area contributed by atoms with Crippen LogP contribution in [0.1, 0.15) is 58.3 Å². The molecular weight excluding hydrogens is 288 g/mol. The van der Waals surface area contributed by atoms with Gasteiger partial charge in [-0.2, -0.15) is 0 Å². The molecule has 2 aliphatic heterocycles. The van der Waals surface area contributed by atoms with E-state index in [-0.39, 0.29) is 0 Å². The van der Waals surface area contributed by atoms with Gasteiger partial charge in [0.25, 0.3) is 0 Å². The van der Waals surface area contributed by atoms with Crippen molar-refractivity contribution in [3.8, 4) is 0 Å². The topological polar surface area (TPSA) is 32.8 Å². The van der Waals surface area contributed by atoms with Gasteiger partial charge in [-0.1, -0.05) is 26.2 Å². The van der Waals surface area contributed by atoms with Crippen LogP contribution >= 0.6 is 0 Å². The summed E-state index contributed by atoms with van der Waals surface area (Å²) in [5.41, 5.74) is 0. The van der Waals surface area contributed by atoms with E-state index in [2.05, 4.69) is 16.7 Å². The third-order valence-corrected chi connectivity index (χ3v) is 5.72. The predicted molar refractivity (Wildman–Crippen MR) is 94.5 cm³/mol. The fourth-order valence-corrected chi connectivity index (χ4v) is 4.07. The molecule has 2 rings (SSSR count). The molecule has 1 unspecified atom stereocenters. The van der Waals surface area contributed by atoms with Crippen molar-refractivity contribution in [2.45, 2.75) is 58.3 Å². The molecule has 2 saturated heterocycles. The van der Waals surface area contributed by atoms with Gasteiger partial charge >= 0.3 is 0 Å². The summed E-state index contributed by atoms with van der Waals surface area (Å²) in [6, 6.07) is 0. The smallest absolute Gasteiger partial charge is 0.223 e. The van der Waals surface area contributed by atoms with E-state index in [0.29, 0.717) is 24.2 Å². The molecule has 0 N–H and O–H groups in total. The molecule has 0 aromatic carbocycles. The van der Waals surface area contributed by atoms with E-state index in [0.717, 1.165) is 39.1 Å². The molecule has 0 radical (unpaired) electrons. The second-order valence-corrected chi connectivity index (χ2v) is 7.51. The molecule has 134 valence electrons. The molecule has 0 spiro atoms. The Bertz CT molecular complexity index is 332. The van der Waals surface area contributed by atoms with E-state index >= 15 is 0 Å². The second kappa shape index (κ2) is 10.3. The molecule has 1 atom stereocenters. The average Bonchev–Trinajstić information content (AvgIpc) is 2.54. The highest BCUT2D eigenvalue weighted by atomic mass is 16.5. The van der Waals surface area contributed by atoms with Crippen molar-refractivity contribution in [2.24, 2.45) is 11.8 Å². The Hall–Kier alpha value is -0.610. The van der Waals surface area contributed by atoms with Gasteiger partial charge in [-0.3, -0.25) is 4.79 Å². The number of hydrogen-bond donors (Lipinski definition) is 0. The maximum absolute atomic E-state index is 12.5. The summed E-state index contributed by atoms with van der Waals surface area (Å²) in [7, 11) is 1.78. The van der Waals surface area contributed by atoms with Gasteiger partial charge in [0.15, 0.2) is 0 Å². The first-order chi connectivity index (χ1) is 11.2. The largest absolute Gasteiger partial charge is 0.384 e. The van der Waals surface area contributed by atoms with Crippen LogP contribution in [0.2, 0.25) is 0 Å². The molecule has 2 fully saturated rings. The summed E-state index contributed by atoms with van der Waals surface area (Å²) in [5, 5.41) is 0. The molecule has 2 heterocycles. The highest BCUT2D eigenvalue weighted by Crippen LogP contribution is 2.25. The average molecular weight is 325 g/mol. The Labute approximate surface area is 142 Å². The molecule has 0 aliphatic carbocycles. The summed E-state index contributed by atoms with van der Waals surface area (Å²) in [4.78, 5) is 17.1. The van der Waals surface area contributed by atoms with Gasteiger partial charge in [0.05, 0.1) is 0 Å². The van der Waals surface area contributed by atoms with Crippen LogP contribution in [-0.4, -0.2) is 62.1 Å². The van der Waals surface area contributed by atoms with Gasteiger partial charge in [-0.05, 0) is 50.6 Å². The molecular formula is C19H36N2O2. The zero-order valence-electron chi connectivity index (χ0n) is 15.3. The normalized spacial score (nSPS) is 23.3. The first kappa shape index (κ1) is 18.7. The number of likely N-dealkylation sites (tertiary alicyclic amines) is 2. The van der Waals surface area contributed by atoms with Crippen LogP contribution in [0.15, 0.2) is 0 Å². The first-order valence-corrected chi connectivity index (χ1v) is 9.69. The Morgan fingerprint density at radius 3 is 2.26 bits per heavy atom. The third kappa shape index (κ3) is 6.42. The van der Waals surface area contributed by atoms with E-state index < -0.39 is 0 Å². The second-order valence-electron chi connectivity index (χ2n) is 7.51. The van der Waals surface area contributed by atoms with Crippen LogP contribution in [0, 0.1) is 11.8 Å². The lowest BCUT2D eigenvalue weighted by molar-refractivity contribution is -0.133. The molecule has 4 nitrogen and oxygen atoms in total. The number of carbonyl (C=O) groups excluding carboxylic acids is 1. The van der Waals surface area contributed by atoms with Gasteiger partial charge in [-0.15, -0.1) is 0 Å². The standard InChI is InChI=1S/C19H36N2O2/c1-17(16-23-2)18-8-14-21(15-9-18)19(22)10-13-20-11-6-4-3-5-7-12-20/h17-18H,3-16H2,1-2H3. The zero-order chi connectivity index (χ0) is 16.5. The maximum atomic E-state index is 12.5. The van der Waals surface area contributed by atoms with Gasteiger partial charge in [-0.25, -0.2) is 0 Å². The van der Waals surface area contributed by atoms with Crippen molar-refractivity contribution < 1.29 is 9.53 Å². The third-order valence-electron chi connectivity index (χ3n) is 5.72. The van der Waals surface area contributed by atoms with Crippen LogP contribution < -0.4 is 0 Å². The van der Waals surface area contributed by atoms with Crippen molar-refractivity contribution in [2.75, 3.05) is 46.4 Å². The lowest BCUT2D eigenvalue weighted by Gasteiger charge is -2.35. The number of hydrogen-bond acceptors (Lipinski definition) is 3. The van der Waals surface area contributed by atoms with Crippen molar-refractivity contribution in [3.05, 3.63) is 0 Å². The van der Waals surface area contributed by atoms with Gasteiger partial charge in [0.2, 0.25) is 5.91 Å². The van der Waals surface area contributed by atoms with Crippen molar-refractivity contribution in [3.63, 3.8) is 0 Å². The molecule has 4 heteroatoms.